The maximum Gasteiger partial charge on any atom is 0.307 e. The fraction of sp³-hybridized carbons (Fsp3) is 0.389. The average Bonchev–Trinajstić information content (AvgIpc) is 3.17. The number of aryl methyl sites for hydroxylation is 1. The molecule has 0 heterocycles. The van der Waals surface area contributed by atoms with E-state index in [4.69, 9.17) is 0 Å². The minimum absolute atomic E-state index is 0.0291. The van der Waals surface area contributed by atoms with E-state index >= 15 is 0 Å². The number of rotatable bonds is 4. The van der Waals surface area contributed by atoms with Crippen molar-refractivity contribution in [3.63, 3.8) is 0 Å². The van der Waals surface area contributed by atoms with Crippen molar-refractivity contribution in [2.45, 2.75) is 13.3 Å². The lowest BCUT2D eigenvalue weighted by atomic mass is 9.82. The topological polar surface area (TPSA) is 95.5 Å². The van der Waals surface area contributed by atoms with Crippen LogP contribution in [0.3, 0.4) is 0 Å². The predicted molar refractivity (Wildman–Crippen MR) is 88.6 cm³/mol. The van der Waals surface area contributed by atoms with Crippen molar-refractivity contribution in [2.75, 3.05) is 12.4 Å². The summed E-state index contributed by atoms with van der Waals surface area (Å²) in [6.07, 6.45) is 4.57. The molecule has 6 nitrogen and oxygen atoms in total. The molecule has 0 radical (unpaired) electrons. The number of carbonyl (C=O) groups is 3. The van der Waals surface area contributed by atoms with E-state index in [-0.39, 0.29) is 23.7 Å². The summed E-state index contributed by atoms with van der Waals surface area (Å²) >= 11 is 0. The first kappa shape index (κ1) is 16.2. The molecule has 1 aromatic carbocycles. The Hall–Kier alpha value is -2.63. The minimum Gasteiger partial charge on any atom is -0.481 e. The van der Waals surface area contributed by atoms with Crippen LogP contribution in [0.5, 0.6) is 0 Å². The van der Waals surface area contributed by atoms with Crippen molar-refractivity contribution >= 4 is 23.5 Å². The maximum atomic E-state index is 12.7. The lowest BCUT2D eigenvalue weighted by Crippen LogP contribution is -2.36. The summed E-state index contributed by atoms with van der Waals surface area (Å²) < 4.78 is 0. The second-order valence-electron chi connectivity index (χ2n) is 6.44. The van der Waals surface area contributed by atoms with Crippen molar-refractivity contribution in [2.24, 2.45) is 23.7 Å². The Balaban J connectivity index is 1.83. The zero-order chi connectivity index (χ0) is 17.4. The lowest BCUT2D eigenvalue weighted by Gasteiger charge is -2.24. The zero-order valence-electron chi connectivity index (χ0n) is 13.6. The molecule has 24 heavy (non-hydrogen) atoms. The van der Waals surface area contributed by atoms with Crippen LogP contribution in [-0.2, 0) is 9.59 Å². The molecule has 126 valence electrons. The molecular weight excluding hydrogens is 308 g/mol. The van der Waals surface area contributed by atoms with Crippen LogP contribution in [0.2, 0.25) is 0 Å². The molecule has 1 saturated carbocycles. The molecule has 4 unspecified atom stereocenters. The van der Waals surface area contributed by atoms with Gasteiger partial charge < -0.3 is 15.7 Å². The quantitative estimate of drug-likeness (QED) is 0.735. The van der Waals surface area contributed by atoms with Crippen molar-refractivity contribution < 1.29 is 19.5 Å². The van der Waals surface area contributed by atoms with Crippen molar-refractivity contribution in [3.8, 4) is 0 Å². The second kappa shape index (κ2) is 6.11. The van der Waals surface area contributed by atoms with E-state index in [1.54, 1.807) is 25.2 Å². The van der Waals surface area contributed by atoms with E-state index in [2.05, 4.69) is 10.6 Å². The molecule has 0 saturated heterocycles. The highest BCUT2D eigenvalue weighted by Gasteiger charge is 2.51. The van der Waals surface area contributed by atoms with Gasteiger partial charge in [0.15, 0.2) is 0 Å². The smallest absolute Gasteiger partial charge is 0.307 e. The van der Waals surface area contributed by atoms with Crippen LogP contribution in [0.15, 0.2) is 30.4 Å². The molecule has 2 bridgehead atoms. The molecule has 3 N–H and O–H groups in total. The first-order valence-corrected chi connectivity index (χ1v) is 7.97. The number of carboxylic acid groups (broad SMARTS) is 1. The molecule has 3 rings (SSSR count). The third-order valence-corrected chi connectivity index (χ3v) is 5.03. The Morgan fingerprint density at radius 1 is 1.12 bits per heavy atom. The normalized spacial score (nSPS) is 27.1. The first-order valence-electron chi connectivity index (χ1n) is 7.97. The van der Waals surface area contributed by atoms with Gasteiger partial charge in [-0.05, 0) is 42.9 Å². The highest BCUT2D eigenvalue weighted by atomic mass is 16.4. The molecule has 2 aliphatic carbocycles. The number of anilines is 1. The number of nitrogens with one attached hydrogen (secondary N) is 2. The van der Waals surface area contributed by atoms with Gasteiger partial charge in [0.2, 0.25) is 5.91 Å². The molecule has 2 amide bonds. The van der Waals surface area contributed by atoms with E-state index in [1.165, 1.54) is 0 Å². The fourth-order valence-electron chi connectivity index (χ4n) is 3.77. The van der Waals surface area contributed by atoms with E-state index in [0.717, 1.165) is 5.56 Å². The predicted octanol–water partition coefficient (Wildman–Crippen LogP) is 1.82. The van der Waals surface area contributed by atoms with Gasteiger partial charge in [0.05, 0.1) is 11.8 Å². The van der Waals surface area contributed by atoms with Gasteiger partial charge in [-0.1, -0.05) is 18.2 Å². The van der Waals surface area contributed by atoms with Crippen molar-refractivity contribution in [1.82, 2.24) is 5.32 Å². The minimum atomic E-state index is -0.928. The van der Waals surface area contributed by atoms with Crippen LogP contribution in [0, 0.1) is 30.6 Å². The summed E-state index contributed by atoms with van der Waals surface area (Å²) in [7, 11) is 1.54. The van der Waals surface area contributed by atoms with Crippen LogP contribution >= 0.6 is 0 Å². The number of amides is 2. The molecule has 2 aliphatic rings. The van der Waals surface area contributed by atoms with Gasteiger partial charge in [-0.15, -0.1) is 0 Å². The van der Waals surface area contributed by atoms with Gasteiger partial charge in [0.25, 0.3) is 5.91 Å². The van der Waals surface area contributed by atoms with Crippen LogP contribution < -0.4 is 10.6 Å². The van der Waals surface area contributed by atoms with E-state index in [9.17, 15) is 19.5 Å². The van der Waals surface area contributed by atoms with Gasteiger partial charge in [-0.2, -0.15) is 0 Å². The third kappa shape index (κ3) is 2.68. The summed E-state index contributed by atoms with van der Waals surface area (Å²) in [4.78, 5) is 36.0. The third-order valence-electron chi connectivity index (χ3n) is 5.03. The number of aliphatic carboxylic acids is 1. The molecule has 0 aliphatic heterocycles. The molecule has 0 spiro atoms. The van der Waals surface area contributed by atoms with Gasteiger partial charge in [-0.3, -0.25) is 14.4 Å². The lowest BCUT2D eigenvalue weighted by molar-refractivity contribution is -0.146. The summed E-state index contributed by atoms with van der Waals surface area (Å²) in [5.41, 5.74) is 1.81. The number of carboxylic acids is 1. The van der Waals surface area contributed by atoms with Crippen LogP contribution in [0.25, 0.3) is 0 Å². The Morgan fingerprint density at radius 3 is 2.42 bits per heavy atom. The standard InChI is InChI=1S/C18H20N2O4/c1-9-3-4-12(16(21)19-2)8-13(9)20-17(22)14-10-5-6-11(7-10)15(14)18(23)24/h3-6,8,10-11,14-15H,7H2,1-2H3,(H,19,21)(H,20,22)(H,23,24). The van der Waals surface area contributed by atoms with Crippen LogP contribution in [0.4, 0.5) is 5.69 Å². The molecule has 1 aromatic rings. The van der Waals surface area contributed by atoms with Gasteiger partial charge in [0, 0.05) is 18.3 Å². The van der Waals surface area contributed by atoms with Crippen LogP contribution in [-0.4, -0.2) is 29.9 Å². The Labute approximate surface area is 139 Å². The molecule has 4 atom stereocenters. The van der Waals surface area contributed by atoms with Crippen molar-refractivity contribution in [3.05, 3.63) is 41.5 Å². The molecular formula is C18H20N2O4. The van der Waals surface area contributed by atoms with Gasteiger partial charge >= 0.3 is 5.97 Å². The fourth-order valence-corrected chi connectivity index (χ4v) is 3.77. The average molecular weight is 328 g/mol. The Bertz CT molecular complexity index is 741. The molecule has 6 heteroatoms. The summed E-state index contributed by atoms with van der Waals surface area (Å²) in [5, 5.41) is 14.8. The number of fused-ring (bicyclic) bond motifs is 2. The van der Waals surface area contributed by atoms with Gasteiger partial charge in [-0.25, -0.2) is 0 Å². The highest BCUT2D eigenvalue weighted by molar-refractivity contribution is 5.99. The number of benzene rings is 1. The van der Waals surface area contributed by atoms with Crippen LogP contribution in [0.1, 0.15) is 22.3 Å². The maximum absolute atomic E-state index is 12.7. The Morgan fingerprint density at radius 2 is 1.79 bits per heavy atom. The number of hydrogen-bond donors (Lipinski definition) is 3. The number of allylic oxidation sites excluding steroid dienone is 2. The van der Waals surface area contributed by atoms with Gasteiger partial charge in [0.1, 0.15) is 0 Å². The van der Waals surface area contributed by atoms with E-state index in [1.807, 2.05) is 19.1 Å². The summed E-state index contributed by atoms with van der Waals surface area (Å²) in [6.45, 7) is 1.83. The monoisotopic (exact) mass is 328 g/mol. The Kier molecular flexibility index (Phi) is 4.13. The SMILES string of the molecule is CNC(=O)c1ccc(C)c(NC(=O)C2C3C=CC(C3)C2C(=O)O)c1. The number of hydrogen-bond acceptors (Lipinski definition) is 3. The first-order chi connectivity index (χ1) is 11.4. The highest BCUT2D eigenvalue weighted by Crippen LogP contribution is 2.48. The second-order valence-corrected chi connectivity index (χ2v) is 6.44. The van der Waals surface area contributed by atoms with E-state index < -0.39 is 17.8 Å². The zero-order valence-corrected chi connectivity index (χ0v) is 13.6. The van der Waals surface area contributed by atoms with E-state index in [0.29, 0.717) is 17.7 Å². The summed E-state index contributed by atoms with van der Waals surface area (Å²) in [6, 6.07) is 5.06. The number of carbonyl (C=O) groups excluding carboxylic acids is 2. The molecule has 0 aromatic heterocycles. The van der Waals surface area contributed by atoms with Crippen molar-refractivity contribution in [1.29, 1.82) is 0 Å². The largest absolute Gasteiger partial charge is 0.481 e. The molecule has 1 fully saturated rings. The summed E-state index contributed by atoms with van der Waals surface area (Å²) in [5.74, 6) is -2.81.